The Balaban J connectivity index is 1.48. The summed E-state index contributed by atoms with van der Waals surface area (Å²) in [5, 5.41) is 12.5. The van der Waals surface area contributed by atoms with Crippen molar-refractivity contribution in [2.24, 2.45) is 5.92 Å². The molecule has 7 heteroatoms. The van der Waals surface area contributed by atoms with Crippen molar-refractivity contribution in [3.63, 3.8) is 0 Å². The molecule has 0 atom stereocenters. The van der Waals surface area contributed by atoms with Crippen LogP contribution in [0.4, 0.5) is 5.95 Å². The van der Waals surface area contributed by atoms with E-state index < -0.39 is 0 Å². The van der Waals surface area contributed by atoms with Crippen LogP contribution < -0.4 is 10.5 Å². The molecule has 0 radical (unpaired) electrons. The van der Waals surface area contributed by atoms with Crippen LogP contribution in [0.2, 0.25) is 0 Å². The fourth-order valence-electron chi connectivity index (χ4n) is 2.66. The molecule has 21 heavy (non-hydrogen) atoms. The number of hydrogen-bond acceptors (Lipinski definition) is 5. The van der Waals surface area contributed by atoms with Crippen molar-refractivity contribution >= 4 is 11.6 Å². The maximum atomic E-state index is 11.6. The normalized spacial score (nSPS) is 15.3. The van der Waals surface area contributed by atoms with E-state index in [4.69, 9.17) is 0 Å². The molecule has 0 saturated carbocycles. The Morgan fingerprint density at radius 2 is 2.05 bits per heavy atom. The second-order valence-corrected chi connectivity index (χ2v) is 5.24. The van der Waals surface area contributed by atoms with E-state index in [1.165, 1.54) is 10.7 Å². The Morgan fingerprint density at radius 3 is 2.90 bits per heavy atom. The van der Waals surface area contributed by atoms with Gasteiger partial charge in [-0.1, -0.05) is 6.07 Å². The van der Waals surface area contributed by atoms with Crippen molar-refractivity contribution in [1.82, 2.24) is 24.4 Å². The third-order valence-electron chi connectivity index (χ3n) is 3.75. The van der Waals surface area contributed by atoms with Gasteiger partial charge in [0.1, 0.15) is 0 Å². The summed E-state index contributed by atoms with van der Waals surface area (Å²) in [5.41, 5.74) is 0.792. The van der Waals surface area contributed by atoms with Crippen LogP contribution in [0, 0.1) is 5.92 Å². The first kappa shape index (κ1) is 12.1. The van der Waals surface area contributed by atoms with Crippen LogP contribution in [0.25, 0.3) is 5.65 Å². The minimum Gasteiger partial charge on any atom is -0.340 e. The molecule has 0 amide bonds. The minimum absolute atomic E-state index is 0.0520. The fraction of sp³-hybridized carbons (Fsp3) is 0.286. The van der Waals surface area contributed by atoms with E-state index in [0.29, 0.717) is 12.5 Å². The Labute approximate surface area is 120 Å². The number of rotatable bonds is 3. The average Bonchev–Trinajstić information content (AvgIpc) is 2.88. The van der Waals surface area contributed by atoms with Crippen molar-refractivity contribution in [3.8, 4) is 0 Å². The Bertz CT molecular complexity index is 832. The molecule has 0 spiro atoms. The second-order valence-electron chi connectivity index (χ2n) is 5.24. The van der Waals surface area contributed by atoms with Gasteiger partial charge < -0.3 is 4.90 Å². The maximum Gasteiger partial charge on any atom is 0.266 e. The zero-order chi connectivity index (χ0) is 14.2. The van der Waals surface area contributed by atoms with Gasteiger partial charge >= 0.3 is 0 Å². The van der Waals surface area contributed by atoms with Gasteiger partial charge in [-0.2, -0.15) is 5.10 Å². The smallest absolute Gasteiger partial charge is 0.266 e. The van der Waals surface area contributed by atoms with E-state index in [1.54, 1.807) is 12.3 Å². The highest BCUT2D eigenvalue weighted by Crippen LogP contribution is 2.23. The van der Waals surface area contributed by atoms with Crippen molar-refractivity contribution < 1.29 is 0 Å². The van der Waals surface area contributed by atoms with Gasteiger partial charge in [0.2, 0.25) is 5.95 Å². The molecule has 0 bridgehead atoms. The number of aromatic nitrogens is 5. The van der Waals surface area contributed by atoms with Crippen LogP contribution >= 0.6 is 0 Å². The third kappa shape index (κ3) is 2.06. The lowest BCUT2D eigenvalue weighted by molar-refractivity contribution is 0.330. The molecule has 3 aromatic rings. The van der Waals surface area contributed by atoms with Crippen LogP contribution in [-0.2, 0) is 6.54 Å². The van der Waals surface area contributed by atoms with Crippen molar-refractivity contribution in [1.29, 1.82) is 0 Å². The lowest BCUT2D eigenvalue weighted by atomic mass is 10.0. The molecule has 0 aliphatic carbocycles. The summed E-state index contributed by atoms with van der Waals surface area (Å²) in [7, 11) is 0. The predicted molar refractivity (Wildman–Crippen MR) is 77.2 cm³/mol. The van der Waals surface area contributed by atoms with Crippen molar-refractivity contribution in [2.75, 3.05) is 18.0 Å². The van der Waals surface area contributed by atoms with Crippen LogP contribution in [0.5, 0.6) is 0 Å². The SMILES string of the molecule is O=c1cccnn1CC1CN(c2nnc3ccccn23)C1. The molecule has 4 heterocycles. The van der Waals surface area contributed by atoms with E-state index >= 15 is 0 Å². The minimum atomic E-state index is -0.0520. The summed E-state index contributed by atoms with van der Waals surface area (Å²) in [6, 6.07) is 9.04. The molecule has 1 saturated heterocycles. The third-order valence-corrected chi connectivity index (χ3v) is 3.75. The highest BCUT2D eigenvalue weighted by atomic mass is 16.1. The van der Waals surface area contributed by atoms with Crippen LogP contribution in [0.1, 0.15) is 0 Å². The van der Waals surface area contributed by atoms with Gasteiger partial charge in [-0.05, 0) is 18.2 Å². The summed E-state index contributed by atoms with van der Waals surface area (Å²) in [4.78, 5) is 13.8. The first-order chi connectivity index (χ1) is 10.3. The van der Waals surface area contributed by atoms with Gasteiger partial charge in [-0.15, -0.1) is 10.2 Å². The predicted octanol–water partition coefficient (Wildman–Crippen LogP) is 0.422. The molecule has 0 unspecified atom stereocenters. The van der Waals surface area contributed by atoms with Gasteiger partial charge in [0.15, 0.2) is 5.65 Å². The highest BCUT2D eigenvalue weighted by Gasteiger charge is 2.30. The second kappa shape index (κ2) is 4.69. The standard InChI is InChI=1S/C14H14N6O/c21-13-5-3-6-15-20(13)10-11-8-18(9-11)14-17-16-12-4-1-2-7-19(12)14/h1-7,11H,8-10H2. The van der Waals surface area contributed by atoms with E-state index in [9.17, 15) is 4.79 Å². The van der Waals surface area contributed by atoms with Crippen LogP contribution in [-0.4, -0.2) is 37.5 Å². The zero-order valence-electron chi connectivity index (χ0n) is 11.3. The number of hydrogen-bond donors (Lipinski definition) is 0. The summed E-state index contributed by atoms with van der Waals surface area (Å²) in [5.74, 6) is 1.27. The first-order valence-corrected chi connectivity index (χ1v) is 6.88. The zero-order valence-corrected chi connectivity index (χ0v) is 11.3. The van der Waals surface area contributed by atoms with Crippen molar-refractivity contribution in [3.05, 3.63) is 53.1 Å². The first-order valence-electron chi connectivity index (χ1n) is 6.88. The summed E-state index contributed by atoms with van der Waals surface area (Å²) in [6.07, 6.45) is 3.60. The molecule has 1 aliphatic rings. The molecular formula is C14H14N6O. The van der Waals surface area contributed by atoms with Crippen LogP contribution in [0.15, 0.2) is 47.5 Å². The number of fused-ring (bicyclic) bond motifs is 1. The highest BCUT2D eigenvalue weighted by molar-refractivity contribution is 5.47. The van der Waals surface area contributed by atoms with E-state index in [-0.39, 0.29) is 5.56 Å². The van der Waals surface area contributed by atoms with Gasteiger partial charge in [-0.3, -0.25) is 9.20 Å². The quantitative estimate of drug-likeness (QED) is 0.696. The number of nitrogens with zero attached hydrogens (tertiary/aromatic N) is 6. The largest absolute Gasteiger partial charge is 0.340 e. The number of anilines is 1. The Hall–Kier alpha value is -2.70. The summed E-state index contributed by atoms with van der Waals surface area (Å²) >= 11 is 0. The Kier molecular flexibility index (Phi) is 2.70. The van der Waals surface area contributed by atoms with Crippen molar-refractivity contribution in [2.45, 2.75) is 6.54 Å². The molecule has 1 aliphatic heterocycles. The van der Waals surface area contributed by atoms with Gasteiger partial charge in [0.05, 0.1) is 6.54 Å². The van der Waals surface area contributed by atoms with Crippen LogP contribution in [0.3, 0.4) is 0 Å². The van der Waals surface area contributed by atoms with E-state index in [1.807, 2.05) is 28.8 Å². The maximum absolute atomic E-state index is 11.6. The van der Waals surface area contributed by atoms with Gasteiger partial charge in [0, 0.05) is 37.5 Å². The topological polar surface area (TPSA) is 68.3 Å². The lowest BCUT2D eigenvalue weighted by Gasteiger charge is -2.39. The molecule has 7 nitrogen and oxygen atoms in total. The van der Waals surface area contributed by atoms with E-state index in [2.05, 4.69) is 20.2 Å². The molecule has 0 aromatic carbocycles. The monoisotopic (exact) mass is 282 g/mol. The van der Waals surface area contributed by atoms with Gasteiger partial charge in [-0.25, -0.2) is 4.68 Å². The lowest BCUT2D eigenvalue weighted by Crippen LogP contribution is -2.50. The molecular weight excluding hydrogens is 268 g/mol. The van der Waals surface area contributed by atoms with E-state index in [0.717, 1.165) is 24.7 Å². The molecule has 0 N–H and O–H groups in total. The Morgan fingerprint density at radius 1 is 1.14 bits per heavy atom. The fourth-order valence-corrected chi connectivity index (χ4v) is 2.66. The summed E-state index contributed by atoms with van der Waals surface area (Å²) < 4.78 is 3.49. The summed E-state index contributed by atoms with van der Waals surface area (Å²) in [6.45, 7) is 2.37. The molecule has 4 rings (SSSR count). The number of pyridine rings is 1. The average molecular weight is 282 g/mol. The molecule has 1 fully saturated rings. The molecule has 106 valence electrons. The molecule has 3 aromatic heterocycles. The van der Waals surface area contributed by atoms with Gasteiger partial charge in [0.25, 0.3) is 5.56 Å².